The van der Waals surface area contributed by atoms with Crippen LogP contribution in [0.2, 0.25) is 0 Å². The Hall–Kier alpha value is -1.33. The van der Waals surface area contributed by atoms with Crippen molar-refractivity contribution in [2.75, 3.05) is 6.54 Å². The van der Waals surface area contributed by atoms with Crippen LogP contribution < -0.4 is 5.32 Å². The summed E-state index contributed by atoms with van der Waals surface area (Å²) in [5.41, 5.74) is 4.48. The highest BCUT2D eigenvalue weighted by atomic mass is 32.1. The maximum Gasteiger partial charge on any atom is 0.0897 e. The molecule has 2 rings (SSSR count). The number of aromatic nitrogens is 3. The van der Waals surface area contributed by atoms with E-state index in [-0.39, 0.29) is 6.04 Å². The number of aryl methyl sites for hydroxylation is 3. The van der Waals surface area contributed by atoms with E-state index in [1.807, 2.05) is 6.92 Å². The normalized spacial score (nSPS) is 12.6. The molecule has 5 heteroatoms. The van der Waals surface area contributed by atoms with Gasteiger partial charge in [-0.1, -0.05) is 13.8 Å². The van der Waals surface area contributed by atoms with E-state index in [1.165, 1.54) is 5.56 Å². The van der Waals surface area contributed by atoms with Gasteiger partial charge in [-0.2, -0.15) is 10.2 Å². The van der Waals surface area contributed by atoms with E-state index in [0.717, 1.165) is 47.9 Å². The lowest BCUT2D eigenvalue weighted by molar-refractivity contribution is 0.517. The molecule has 0 bridgehead atoms. The summed E-state index contributed by atoms with van der Waals surface area (Å²) in [6.45, 7) is 9.37. The van der Waals surface area contributed by atoms with Crippen molar-refractivity contribution >= 4 is 11.3 Å². The van der Waals surface area contributed by atoms with Gasteiger partial charge in [-0.3, -0.25) is 0 Å². The van der Waals surface area contributed by atoms with Crippen LogP contribution in [0.5, 0.6) is 0 Å². The minimum absolute atomic E-state index is 0.260. The fourth-order valence-corrected chi connectivity index (χ4v) is 3.06. The number of rotatable bonds is 7. The molecule has 2 aromatic heterocycles. The van der Waals surface area contributed by atoms with E-state index in [9.17, 15) is 0 Å². The van der Waals surface area contributed by atoms with Crippen LogP contribution in [0.15, 0.2) is 11.4 Å². The molecule has 0 aliphatic heterocycles. The lowest BCUT2D eigenvalue weighted by atomic mass is 9.99. The molecule has 0 saturated carbocycles. The third-order valence-corrected chi connectivity index (χ3v) is 4.28. The number of nitrogens with one attached hydrogen (secondary N) is 1. The number of hydrogen-bond donors (Lipinski definition) is 1. The van der Waals surface area contributed by atoms with Crippen molar-refractivity contribution in [3.63, 3.8) is 0 Å². The summed E-state index contributed by atoms with van der Waals surface area (Å²) in [6, 6.07) is 2.42. The summed E-state index contributed by atoms with van der Waals surface area (Å²) < 4.78 is 0. The standard InChI is InChI=1S/C16H24N4S/c1-5-7-17-16(9-13-10-21-12(4)18-13)14-8-11(3)19-20-15(14)6-2/h8,10,16-17H,5-7,9H2,1-4H3. The third-order valence-electron chi connectivity index (χ3n) is 3.46. The molecule has 1 N–H and O–H groups in total. The number of thiazole rings is 1. The first-order chi connectivity index (χ1) is 10.1. The Bertz CT molecular complexity index is 579. The molecule has 21 heavy (non-hydrogen) atoms. The van der Waals surface area contributed by atoms with Crippen LogP contribution in [0.25, 0.3) is 0 Å². The molecule has 0 spiro atoms. The predicted octanol–water partition coefficient (Wildman–Crippen LogP) is 3.40. The van der Waals surface area contributed by atoms with Crippen molar-refractivity contribution in [3.8, 4) is 0 Å². The van der Waals surface area contributed by atoms with E-state index in [4.69, 9.17) is 0 Å². The van der Waals surface area contributed by atoms with Crippen LogP contribution in [0, 0.1) is 13.8 Å². The van der Waals surface area contributed by atoms with Gasteiger partial charge in [0.2, 0.25) is 0 Å². The fraction of sp³-hybridized carbons (Fsp3) is 0.562. The SMILES string of the molecule is CCCNC(Cc1csc(C)n1)c1cc(C)nnc1CC. The average Bonchev–Trinajstić information content (AvgIpc) is 2.88. The summed E-state index contributed by atoms with van der Waals surface area (Å²) >= 11 is 1.71. The van der Waals surface area contributed by atoms with Gasteiger partial charge in [0.1, 0.15) is 0 Å². The van der Waals surface area contributed by atoms with Gasteiger partial charge in [0, 0.05) is 17.8 Å². The first-order valence-electron chi connectivity index (χ1n) is 7.61. The highest BCUT2D eigenvalue weighted by Crippen LogP contribution is 2.23. The molecule has 1 unspecified atom stereocenters. The Morgan fingerprint density at radius 2 is 2.05 bits per heavy atom. The van der Waals surface area contributed by atoms with Gasteiger partial charge in [-0.25, -0.2) is 4.98 Å². The van der Waals surface area contributed by atoms with Crippen molar-refractivity contribution in [3.05, 3.63) is 39.1 Å². The molecule has 0 amide bonds. The Morgan fingerprint density at radius 1 is 1.24 bits per heavy atom. The minimum atomic E-state index is 0.260. The van der Waals surface area contributed by atoms with Gasteiger partial charge in [-0.15, -0.1) is 11.3 Å². The highest BCUT2D eigenvalue weighted by molar-refractivity contribution is 7.09. The van der Waals surface area contributed by atoms with Crippen molar-refractivity contribution in [1.82, 2.24) is 20.5 Å². The monoisotopic (exact) mass is 304 g/mol. The summed E-state index contributed by atoms with van der Waals surface area (Å²) in [5, 5.41) is 15.5. The van der Waals surface area contributed by atoms with Crippen LogP contribution in [-0.2, 0) is 12.8 Å². The van der Waals surface area contributed by atoms with E-state index in [1.54, 1.807) is 11.3 Å². The number of nitrogens with zero attached hydrogens (tertiary/aromatic N) is 3. The van der Waals surface area contributed by atoms with E-state index < -0.39 is 0 Å². The second kappa shape index (κ2) is 7.61. The molecule has 0 saturated heterocycles. The molecule has 114 valence electrons. The van der Waals surface area contributed by atoms with E-state index >= 15 is 0 Å². The number of hydrogen-bond acceptors (Lipinski definition) is 5. The first kappa shape index (κ1) is 16.0. The Morgan fingerprint density at radius 3 is 2.67 bits per heavy atom. The van der Waals surface area contributed by atoms with Crippen molar-refractivity contribution < 1.29 is 0 Å². The molecule has 0 aromatic carbocycles. The molecule has 2 aromatic rings. The molecule has 0 aliphatic rings. The smallest absolute Gasteiger partial charge is 0.0897 e. The van der Waals surface area contributed by atoms with Gasteiger partial charge in [-0.05, 0) is 44.9 Å². The lowest BCUT2D eigenvalue weighted by Crippen LogP contribution is -2.26. The maximum atomic E-state index is 4.60. The zero-order valence-corrected chi connectivity index (χ0v) is 14.1. The summed E-state index contributed by atoms with van der Waals surface area (Å²) in [7, 11) is 0. The quantitative estimate of drug-likeness (QED) is 0.852. The Balaban J connectivity index is 2.28. The van der Waals surface area contributed by atoms with Gasteiger partial charge < -0.3 is 5.32 Å². The van der Waals surface area contributed by atoms with Crippen molar-refractivity contribution in [1.29, 1.82) is 0 Å². The van der Waals surface area contributed by atoms with Gasteiger partial charge in [0.05, 0.1) is 22.1 Å². The molecule has 4 nitrogen and oxygen atoms in total. The first-order valence-corrected chi connectivity index (χ1v) is 8.49. The summed E-state index contributed by atoms with van der Waals surface area (Å²) in [5.74, 6) is 0. The molecule has 0 aliphatic carbocycles. The Labute approximate surface area is 131 Å². The predicted molar refractivity (Wildman–Crippen MR) is 87.7 cm³/mol. The van der Waals surface area contributed by atoms with Crippen LogP contribution in [0.4, 0.5) is 0 Å². The van der Waals surface area contributed by atoms with Crippen LogP contribution in [0.1, 0.15) is 54.0 Å². The zero-order valence-electron chi connectivity index (χ0n) is 13.3. The van der Waals surface area contributed by atoms with Crippen LogP contribution >= 0.6 is 11.3 Å². The summed E-state index contributed by atoms with van der Waals surface area (Å²) in [4.78, 5) is 4.60. The van der Waals surface area contributed by atoms with E-state index in [2.05, 4.69) is 52.7 Å². The van der Waals surface area contributed by atoms with E-state index in [0.29, 0.717) is 0 Å². The second-order valence-electron chi connectivity index (χ2n) is 5.31. The average molecular weight is 304 g/mol. The second-order valence-corrected chi connectivity index (χ2v) is 6.37. The molecule has 1 atom stereocenters. The topological polar surface area (TPSA) is 50.7 Å². The van der Waals surface area contributed by atoms with Crippen LogP contribution in [0.3, 0.4) is 0 Å². The van der Waals surface area contributed by atoms with Gasteiger partial charge in [0.15, 0.2) is 0 Å². The third kappa shape index (κ3) is 4.32. The maximum absolute atomic E-state index is 4.60. The van der Waals surface area contributed by atoms with Crippen molar-refractivity contribution in [2.45, 2.75) is 53.0 Å². The molecular weight excluding hydrogens is 280 g/mol. The molecule has 0 radical (unpaired) electrons. The molecule has 0 fully saturated rings. The Kier molecular flexibility index (Phi) is 5.82. The van der Waals surface area contributed by atoms with Crippen molar-refractivity contribution in [2.24, 2.45) is 0 Å². The summed E-state index contributed by atoms with van der Waals surface area (Å²) in [6.07, 6.45) is 2.93. The molecular formula is C16H24N4S. The van der Waals surface area contributed by atoms with Crippen LogP contribution in [-0.4, -0.2) is 21.7 Å². The molecule has 2 heterocycles. The zero-order chi connectivity index (χ0) is 15.2. The van der Waals surface area contributed by atoms with Gasteiger partial charge in [0.25, 0.3) is 0 Å². The lowest BCUT2D eigenvalue weighted by Gasteiger charge is -2.20. The fourth-order valence-electron chi connectivity index (χ4n) is 2.43. The van der Waals surface area contributed by atoms with Gasteiger partial charge >= 0.3 is 0 Å². The minimum Gasteiger partial charge on any atom is -0.310 e. The largest absolute Gasteiger partial charge is 0.310 e. The highest BCUT2D eigenvalue weighted by Gasteiger charge is 2.18.